The van der Waals surface area contributed by atoms with Gasteiger partial charge in [0.1, 0.15) is 15.2 Å². The average Bonchev–Trinajstić information content (AvgIpc) is 2.35. The molecule has 2 aromatic rings. The molecule has 0 atom stereocenters. The zero-order chi connectivity index (χ0) is 14.0. The minimum absolute atomic E-state index is 0.221. The number of methoxy groups -OCH3 is 1. The molecule has 0 bridgehead atoms. The van der Waals surface area contributed by atoms with Crippen molar-refractivity contribution < 1.29 is 9.13 Å². The van der Waals surface area contributed by atoms with Gasteiger partial charge in [0.15, 0.2) is 0 Å². The van der Waals surface area contributed by atoms with Gasteiger partial charge < -0.3 is 9.72 Å². The SMILES string of the molecule is COCc1nc(-c2ccc(F)cc2C)[nH]c(=O)c1I. The normalized spacial score (nSPS) is 10.7. The first kappa shape index (κ1) is 14.1. The van der Waals surface area contributed by atoms with Gasteiger partial charge in [0.05, 0.1) is 12.3 Å². The molecule has 2 rings (SSSR count). The summed E-state index contributed by atoms with van der Waals surface area (Å²) >= 11 is 1.93. The van der Waals surface area contributed by atoms with Crippen LogP contribution in [0, 0.1) is 16.3 Å². The van der Waals surface area contributed by atoms with Crippen LogP contribution in [-0.4, -0.2) is 17.1 Å². The van der Waals surface area contributed by atoms with Gasteiger partial charge >= 0.3 is 0 Å². The van der Waals surface area contributed by atoms with Crippen molar-refractivity contribution in [3.8, 4) is 11.4 Å². The van der Waals surface area contributed by atoms with Gasteiger partial charge in [-0.2, -0.15) is 0 Å². The van der Waals surface area contributed by atoms with Gasteiger partial charge in [-0.25, -0.2) is 9.37 Å². The topological polar surface area (TPSA) is 55.0 Å². The molecular formula is C13H12FIN2O2. The van der Waals surface area contributed by atoms with Gasteiger partial charge in [-0.05, 0) is 53.3 Å². The molecule has 100 valence electrons. The van der Waals surface area contributed by atoms with Crippen LogP contribution >= 0.6 is 22.6 Å². The van der Waals surface area contributed by atoms with Crippen molar-refractivity contribution >= 4 is 22.6 Å². The number of benzene rings is 1. The summed E-state index contributed by atoms with van der Waals surface area (Å²) in [6.07, 6.45) is 0. The van der Waals surface area contributed by atoms with Gasteiger partial charge in [-0.3, -0.25) is 4.79 Å². The fraction of sp³-hybridized carbons (Fsp3) is 0.231. The van der Waals surface area contributed by atoms with Crippen LogP contribution < -0.4 is 5.56 Å². The van der Waals surface area contributed by atoms with E-state index >= 15 is 0 Å². The Morgan fingerprint density at radius 1 is 1.47 bits per heavy atom. The van der Waals surface area contributed by atoms with Crippen LogP contribution in [0.5, 0.6) is 0 Å². The first-order chi connectivity index (χ1) is 9.02. The van der Waals surface area contributed by atoms with Crippen molar-refractivity contribution in [3.05, 3.63) is 49.2 Å². The van der Waals surface area contributed by atoms with Crippen molar-refractivity contribution in [1.29, 1.82) is 0 Å². The Morgan fingerprint density at radius 3 is 2.84 bits per heavy atom. The van der Waals surface area contributed by atoms with Crippen LogP contribution in [0.15, 0.2) is 23.0 Å². The van der Waals surface area contributed by atoms with Gasteiger partial charge in [-0.15, -0.1) is 0 Å². The molecule has 0 saturated carbocycles. The molecule has 0 unspecified atom stereocenters. The lowest BCUT2D eigenvalue weighted by Crippen LogP contribution is -2.17. The number of aromatic amines is 1. The van der Waals surface area contributed by atoms with Crippen molar-refractivity contribution in [2.24, 2.45) is 0 Å². The van der Waals surface area contributed by atoms with Crippen molar-refractivity contribution in [3.63, 3.8) is 0 Å². The van der Waals surface area contributed by atoms with Crippen LogP contribution in [0.3, 0.4) is 0 Å². The molecule has 0 aliphatic rings. The summed E-state index contributed by atoms with van der Waals surface area (Å²) < 4.78 is 18.6. The minimum atomic E-state index is -0.314. The predicted molar refractivity (Wildman–Crippen MR) is 78.4 cm³/mol. The summed E-state index contributed by atoms with van der Waals surface area (Å²) in [5.41, 5.74) is 1.77. The minimum Gasteiger partial charge on any atom is -0.378 e. The standard InChI is InChI=1S/C13H12FIN2O2/c1-7-5-8(14)3-4-9(7)12-16-10(6-19-2)11(15)13(18)17-12/h3-5H,6H2,1-2H3,(H,16,17,18). The number of aromatic nitrogens is 2. The summed E-state index contributed by atoms with van der Waals surface area (Å²) in [7, 11) is 1.54. The second kappa shape index (κ2) is 5.79. The van der Waals surface area contributed by atoms with E-state index in [9.17, 15) is 9.18 Å². The molecule has 0 spiro atoms. The Bertz CT molecular complexity index is 670. The Kier molecular flexibility index (Phi) is 4.31. The summed E-state index contributed by atoms with van der Waals surface area (Å²) in [5, 5.41) is 0. The van der Waals surface area contributed by atoms with Crippen molar-refractivity contribution in [1.82, 2.24) is 9.97 Å². The van der Waals surface area contributed by atoms with E-state index in [0.717, 1.165) is 0 Å². The first-order valence-electron chi connectivity index (χ1n) is 5.57. The Labute approximate surface area is 123 Å². The molecule has 0 aliphatic heterocycles. The van der Waals surface area contributed by atoms with E-state index in [-0.39, 0.29) is 18.0 Å². The maximum atomic E-state index is 13.1. The van der Waals surface area contributed by atoms with E-state index in [4.69, 9.17) is 4.74 Å². The quantitative estimate of drug-likeness (QED) is 0.841. The van der Waals surface area contributed by atoms with E-state index < -0.39 is 0 Å². The van der Waals surface area contributed by atoms with E-state index in [2.05, 4.69) is 9.97 Å². The fourth-order valence-electron chi connectivity index (χ4n) is 1.76. The van der Waals surface area contributed by atoms with E-state index in [1.165, 1.54) is 12.1 Å². The Hall–Kier alpha value is -1.28. The van der Waals surface area contributed by atoms with Crippen LogP contribution in [0.1, 0.15) is 11.3 Å². The highest BCUT2D eigenvalue weighted by atomic mass is 127. The van der Waals surface area contributed by atoms with Gasteiger partial charge in [0, 0.05) is 12.7 Å². The molecule has 6 heteroatoms. The number of hydrogen-bond acceptors (Lipinski definition) is 3. The van der Waals surface area contributed by atoms with Crippen LogP contribution in [0.4, 0.5) is 4.39 Å². The molecule has 0 radical (unpaired) electrons. The molecule has 1 heterocycles. The predicted octanol–water partition coefficient (Wildman–Crippen LogP) is 2.64. The maximum Gasteiger partial charge on any atom is 0.264 e. The van der Waals surface area contributed by atoms with Crippen molar-refractivity contribution in [2.75, 3.05) is 7.11 Å². The average molecular weight is 374 g/mol. The number of nitrogens with zero attached hydrogens (tertiary/aromatic N) is 1. The highest BCUT2D eigenvalue weighted by molar-refractivity contribution is 14.1. The molecule has 1 aromatic heterocycles. The van der Waals surface area contributed by atoms with E-state index in [0.29, 0.717) is 26.2 Å². The Balaban J connectivity index is 2.59. The molecule has 0 saturated heterocycles. The lowest BCUT2D eigenvalue weighted by atomic mass is 10.1. The molecule has 1 aromatic carbocycles. The van der Waals surface area contributed by atoms with Crippen LogP contribution in [0.25, 0.3) is 11.4 Å². The molecule has 0 aliphatic carbocycles. The van der Waals surface area contributed by atoms with Gasteiger partial charge in [0.2, 0.25) is 0 Å². The number of ether oxygens (including phenoxy) is 1. The second-order valence-corrected chi connectivity index (χ2v) is 5.15. The second-order valence-electron chi connectivity index (χ2n) is 4.07. The number of hydrogen-bond donors (Lipinski definition) is 1. The summed E-state index contributed by atoms with van der Waals surface area (Å²) in [6, 6.07) is 4.35. The largest absolute Gasteiger partial charge is 0.378 e. The third-order valence-corrected chi connectivity index (χ3v) is 3.77. The fourth-order valence-corrected chi connectivity index (χ4v) is 2.17. The first-order valence-corrected chi connectivity index (χ1v) is 6.65. The molecule has 0 amide bonds. The lowest BCUT2D eigenvalue weighted by molar-refractivity contribution is 0.180. The number of aryl methyl sites for hydroxylation is 1. The number of H-pyrrole nitrogens is 1. The van der Waals surface area contributed by atoms with Gasteiger partial charge in [-0.1, -0.05) is 0 Å². The zero-order valence-electron chi connectivity index (χ0n) is 10.5. The highest BCUT2D eigenvalue weighted by Crippen LogP contribution is 2.21. The number of halogens is 2. The zero-order valence-corrected chi connectivity index (χ0v) is 12.6. The molecule has 1 N–H and O–H groups in total. The van der Waals surface area contributed by atoms with Crippen LogP contribution in [0.2, 0.25) is 0 Å². The summed E-state index contributed by atoms with van der Waals surface area (Å²) in [6.45, 7) is 2.03. The molecule has 0 fully saturated rings. The maximum absolute atomic E-state index is 13.1. The molecule has 4 nitrogen and oxygen atoms in total. The summed E-state index contributed by atoms with van der Waals surface area (Å²) in [4.78, 5) is 18.9. The van der Waals surface area contributed by atoms with Crippen molar-refractivity contribution in [2.45, 2.75) is 13.5 Å². The highest BCUT2D eigenvalue weighted by Gasteiger charge is 2.12. The summed E-state index contributed by atoms with van der Waals surface area (Å²) in [5.74, 6) is 0.112. The molecule has 19 heavy (non-hydrogen) atoms. The smallest absolute Gasteiger partial charge is 0.264 e. The third kappa shape index (κ3) is 3.01. The molecular weight excluding hydrogens is 362 g/mol. The number of nitrogens with one attached hydrogen (secondary N) is 1. The van der Waals surface area contributed by atoms with E-state index in [1.54, 1.807) is 20.1 Å². The third-order valence-electron chi connectivity index (χ3n) is 2.66. The van der Waals surface area contributed by atoms with E-state index in [1.807, 2.05) is 22.6 Å². The van der Waals surface area contributed by atoms with Gasteiger partial charge in [0.25, 0.3) is 5.56 Å². The lowest BCUT2D eigenvalue weighted by Gasteiger charge is -2.08. The number of rotatable bonds is 3. The van der Waals surface area contributed by atoms with Crippen LogP contribution in [-0.2, 0) is 11.3 Å². The Morgan fingerprint density at radius 2 is 2.21 bits per heavy atom. The monoisotopic (exact) mass is 374 g/mol.